The van der Waals surface area contributed by atoms with Crippen molar-refractivity contribution in [3.63, 3.8) is 0 Å². The number of halogens is 2. The first-order valence-corrected chi connectivity index (χ1v) is 15.2. The maximum Gasteiger partial charge on any atom is 0.304 e. The van der Waals surface area contributed by atoms with Gasteiger partial charge in [-0.25, -0.2) is 8.42 Å². The van der Waals surface area contributed by atoms with Gasteiger partial charge in [0.2, 0.25) is 5.91 Å². The van der Waals surface area contributed by atoms with Crippen molar-refractivity contribution in [3.8, 4) is 0 Å². The third kappa shape index (κ3) is 5.27. The molecule has 0 spiro atoms. The lowest BCUT2D eigenvalue weighted by atomic mass is 9.65. The van der Waals surface area contributed by atoms with Gasteiger partial charge in [0.15, 0.2) is 9.84 Å². The molecule has 1 saturated heterocycles. The first kappa shape index (κ1) is 27.9. The van der Waals surface area contributed by atoms with E-state index in [1.807, 2.05) is 25.1 Å². The Morgan fingerprint density at radius 3 is 2.32 bits per heavy atom. The van der Waals surface area contributed by atoms with Gasteiger partial charge in [0, 0.05) is 27.8 Å². The van der Waals surface area contributed by atoms with Crippen LogP contribution in [0.4, 0.5) is 0 Å². The molecule has 2 aromatic carbocycles. The van der Waals surface area contributed by atoms with E-state index in [0.29, 0.717) is 28.5 Å². The molecule has 6 nitrogen and oxygen atoms in total. The second-order valence-electron chi connectivity index (χ2n) is 10.4. The molecule has 1 heterocycles. The summed E-state index contributed by atoms with van der Waals surface area (Å²) in [5.41, 5.74) is 0.440. The minimum absolute atomic E-state index is 0.0352. The number of piperidine rings is 1. The van der Waals surface area contributed by atoms with E-state index >= 15 is 0 Å². The summed E-state index contributed by atoms with van der Waals surface area (Å²) in [4.78, 5) is 25.3. The van der Waals surface area contributed by atoms with Gasteiger partial charge in [0.05, 0.1) is 11.8 Å². The van der Waals surface area contributed by atoms with Crippen molar-refractivity contribution in [2.45, 2.75) is 69.1 Å². The number of carbonyl (C=O) groups excluding carboxylic acids is 1. The van der Waals surface area contributed by atoms with E-state index in [9.17, 15) is 23.1 Å². The van der Waals surface area contributed by atoms with Gasteiger partial charge in [-0.1, -0.05) is 61.3 Å². The molecule has 1 amide bonds. The number of sulfone groups is 1. The highest BCUT2D eigenvalue weighted by Gasteiger charge is 2.58. The molecule has 0 radical (unpaired) electrons. The Morgan fingerprint density at radius 1 is 1.11 bits per heavy atom. The largest absolute Gasteiger partial charge is 0.481 e. The van der Waals surface area contributed by atoms with Crippen molar-refractivity contribution >= 4 is 44.9 Å². The molecule has 1 aliphatic heterocycles. The van der Waals surface area contributed by atoms with E-state index in [-0.39, 0.29) is 36.3 Å². The molecule has 1 aliphatic carbocycles. The number of hydrogen-bond acceptors (Lipinski definition) is 4. The molecule has 0 aromatic heterocycles. The van der Waals surface area contributed by atoms with E-state index in [1.54, 1.807) is 37.3 Å². The van der Waals surface area contributed by atoms with Crippen molar-refractivity contribution in [2.75, 3.05) is 5.75 Å². The number of nitrogens with one attached hydrogen (secondary N) is 1. The van der Waals surface area contributed by atoms with Crippen LogP contribution in [0.5, 0.6) is 0 Å². The number of carbonyl (C=O) groups is 2. The fourth-order valence-electron chi connectivity index (χ4n) is 6.18. The van der Waals surface area contributed by atoms with Crippen LogP contribution in [0.15, 0.2) is 48.5 Å². The van der Waals surface area contributed by atoms with Gasteiger partial charge in [-0.2, -0.15) is 0 Å². The van der Waals surface area contributed by atoms with E-state index in [0.717, 1.165) is 18.4 Å². The normalized spacial score (nSPS) is 25.8. The molecule has 2 aromatic rings. The van der Waals surface area contributed by atoms with Crippen LogP contribution in [0, 0.1) is 11.3 Å². The molecule has 2 aliphatic rings. The molecule has 2 N–H and O–H groups in total. The summed E-state index contributed by atoms with van der Waals surface area (Å²) < 4.78 is 26.7. The molecule has 2 fully saturated rings. The molecular formula is C28H33Cl2NO5S. The minimum atomic E-state index is -3.62. The quantitative estimate of drug-likeness (QED) is 0.369. The fraction of sp³-hybridized carbons (Fsp3) is 0.500. The van der Waals surface area contributed by atoms with Crippen molar-refractivity contribution in [1.29, 1.82) is 0 Å². The lowest BCUT2D eigenvalue weighted by Gasteiger charge is -2.47. The number of hydrogen-bond donors (Lipinski definition) is 2. The van der Waals surface area contributed by atoms with E-state index < -0.39 is 32.0 Å². The zero-order chi connectivity index (χ0) is 27.0. The number of carboxylic acids is 1. The Hall–Kier alpha value is -2.09. The standard InChI is InChI=1S/C28H33Cl2NO5S/c1-3-27(17-25(32)33)15-23(18-6-5-7-22(30)14-18)24(31-26(27)34)16-28(19-8-9-19,37(35,36)4-2)20-10-12-21(29)13-11-20/h5-7,10-14,19,23-24H,3-4,8-9,15-17H2,1-2H3,(H,31,34)(H,32,33)/t23-,24+,27+,28+/m1/s1. The maximum atomic E-state index is 13.9. The third-order valence-electron chi connectivity index (χ3n) is 8.37. The lowest BCUT2D eigenvalue weighted by molar-refractivity contribution is -0.148. The summed E-state index contributed by atoms with van der Waals surface area (Å²) in [6.07, 6.45) is 2.10. The van der Waals surface area contributed by atoms with Crippen molar-refractivity contribution in [3.05, 3.63) is 69.7 Å². The summed E-state index contributed by atoms with van der Waals surface area (Å²) >= 11 is 12.5. The Balaban J connectivity index is 1.85. The van der Waals surface area contributed by atoms with Gasteiger partial charge in [-0.3, -0.25) is 9.59 Å². The van der Waals surface area contributed by atoms with Gasteiger partial charge in [0.1, 0.15) is 4.75 Å². The van der Waals surface area contributed by atoms with Crippen LogP contribution in [0.2, 0.25) is 10.0 Å². The van der Waals surface area contributed by atoms with Gasteiger partial charge in [-0.05, 0) is 73.4 Å². The summed E-state index contributed by atoms with van der Waals surface area (Å²) in [6.45, 7) is 3.48. The van der Waals surface area contributed by atoms with Crippen LogP contribution in [0.3, 0.4) is 0 Å². The summed E-state index contributed by atoms with van der Waals surface area (Å²) in [5.74, 6) is -1.80. The van der Waals surface area contributed by atoms with E-state index in [4.69, 9.17) is 23.2 Å². The molecular weight excluding hydrogens is 533 g/mol. The second kappa shape index (κ2) is 10.6. The topological polar surface area (TPSA) is 101 Å². The van der Waals surface area contributed by atoms with E-state index in [2.05, 4.69) is 5.32 Å². The van der Waals surface area contributed by atoms with Crippen LogP contribution in [0.1, 0.15) is 69.4 Å². The lowest BCUT2D eigenvalue weighted by Crippen LogP contribution is -2.57. The van der Waals surface area contributed by atoms with E-state index in [1.165, 1.54) is 0 Å². The van der Waals surface area contributed by atoms with Crippen LogP contribution in [-0.4, -0.2) is 37.2 Å². The Morgan fingerprint density at radius 2 is 1.78 bits per heavy atom. The molecule has 4 rings (SSSR count). The highest BCUT2D eigenvalue weighted by molar-refractivity contribution is 7.92. The van der Waals surface area contributed by atoms with Crippen LogP contribution >= 0.6 is 23.2 Å². The molecule has 4 atom stereocenters. The first-order chi connectivity index (χ1) is 17.5. The third-order valence-corrected chi connectivity index (χ3v) is 11.5. The number of benzene rings is 2. The molecule has 1 saturated carbocycles. The zero-order valence-corrected chi connectivity index (χ0v) is 23.4. The summed E-state index contributed by atoms with van der Waals surface area (Å²) in [6, 6.07) is 13.8. The zero-order valence-electron chi connectivity index (χ0n) is 21.0. The van der Waals surface area contributed by atoms with Gasteiger partial charge in [0.25, 0.3) is 0 Å². The molecule has 9 heteroatoms. The highest BCUT2D eigenvalue weighted by atomic mass is 35.5. The predicted octanol–water partition coefficient (Wildman–Crippen LogP) is 5.97. The summed E-state index contributed by atoms with van der Waals surface area (Å²) in [5, 5.41) is 13.8. The second-order valence-corrected chi connectivity index (χ2v) is 13.8. The average Bonchev–Trinajstić information content (AvgIpc) is 3.70. The summed E-state index contributed by atoms with van der Waals surface area (Å²) in [7, 11) is -3.62. The first-order valence-electron chi connectivity index (χ1n) is 12.7. The monoisotopic (exact) mass is 565 g/mol. The maximum absolute atomic E-state index is 13.9. The number of rotatable bonds is 10. The molecule has 0 unspecified atom stereocenters. The smallest absolute Gasteiger partial charge is 0.304 e. The number of carboxylic acid groups (broad SMARTS) is 1. The Labute approximate surface area is 228 Å². The van der Waals surface area contributed by atoms with Crippen LogP contribution in [-0.2, 0) is 24.2 Å². The van der Waals surface area contributed by atoms with Crippen molar-refractivity contribution in [1.82, 2.24) is 5.32 Å². The Bertz CT molecular complexity index is 1280. The molecule has 0 bridgehead atoms. The molecule has 37 heavy (non-hydrogen) atoms. The van der Waals surface area contributed by atoms with Crippen molar-refractivity contribution in [2.24, 2.45) is 11.3 Å². The van der Waals surface area contributed by atoms with Crippen LogP contribution in [0.25, 0.3) is 0 Å². The van der Waals surface area contributed by atoms with Crippen molar-refractivity contribution < 1.29 is 23.1 Å². The van der Waals surface area contributed by atoms with Gasteiger partial charge in [-0.15, -0.1) is 0 Å². The molecule has 200 valence electrons. The Kier molecular flexibility index (Phi) is 7.99. The number of aliphatic carboxylic acids is 1. The van der Waals surface area contributed by atoms with Crippen LogP contribution < -0.4 is 5.32 Å². The minimum Gasteiger partial charge on any atom is -0.481 e. The van der Waals surface area contributed by atoms with Gasteiger partial charge < -0.3 is 10.4 Å². The average molecular weight is 567 g/mol. The SMILES string of the molecule is CC[C@@]1(CC(=O)O)C[C@H](c2cccc(Cl)c2)[C@H](C[C@@](c2ccc(Cl)cc2)(C2CC2)S(=O)(=O)CC)NC1=O. The highest BCUT2D eigenvalue weighted by Crippen LogP contribution is 2.56. The van der Waals surface area contributed by atoms with Gasteiger partial charge >= 0.3 is 5.97 Å². The predicted molar refractivity (Wildman–Crippen MR) is 146 cm³/mol. The fourth-order valence-corrected chi connectivity index (χ4v) is 8.69. The number of amides is 1.